The summed E-state index contributed by atoms with van der Waals surface area (Å²) in [5.41, 5.74) is 3.86. The molecule has 0 aromatic heterocycles. The number of carbonyl (C=O) groups is 2. The minimum absolute atomic E-state index is 0.0888. The number of benzene rings is 3. The zero-order valence-corrected chi connectivity index (χ0v) is 25.6. The number of amides is 2. The second-order valence-electron chi connectivity index (χ2n) is 10.1. The van der Waals surface area contributed by atoms with Crippen molar-refractivity contribution in [2.24, 2.45) is 0 Å². The third kappa shape index (κ3) is 7.70. The van der Waals surface area contributed by atoms with Crippen LogP contribution >= 0.6 is 15.9 Å². The van der Waals surface area contributed by atoms with Crippen molar-refractivity contribution in [3.8, 4) is 0 Å². The molecule has 0 saturated carbocycles. The third-order valence-corrected chi connectivity index (χ3v) is 8.68. The molecule has 0 radical (unpaired) electrons. The molecule has 3 aromatic carbocycles. The zero-order chi connectivity index (χ0) is 28.9. The number of carbonyl (C=O) groups excluding carboxylic acids is 2. The lowest BCUT2D eigenvalue weighted by Gasteiger charge is -2.32. The highest BCUT2D eigenvalue weighted by atomic mass is 79.9. The summed E-state index contributed by atoms with van der Waals surface area (Å²) in [7, 11) is -4.10. The van der Waals surface area contributed by atoms with Gasteiger partial charge < -0.3 is 10.2 Å². The average molecular weight is 615 g/mol. The van der Waals surface area contributed by atoms with Crippen molar-refractivity contribution in [1.29, 1.82) is 0 Å². The quantitative estimate of drug-likeness (QED) is 0.326. The second kappa shape index (κ2) is 12.8. The van der Waals surface area contributed by atoms with E-state index in [0.29, 0.717) is 5.69 Å². The summed E-state index contributed by atoms with van der Waals surface area (Å²) in [5, 5.41) is 2.86. The summed E-state index contributed by atoms with van der Waals surface area (Å²) in [6.45, 7) is 10.7. The molecule has 1 N–H and O–H groups in total. The van der Waals surface area contributed by atoms with Crippen LogP contribution in [0.2, 0.25) is 0 Å². The first-order valence-electron chi connectivity index (χ1n) is 12.8. The van der Waals surface area contributed by atoms with E-state index in [9.17, 15) is 18.0 Å². The van der Waals surface area contributed by atoms with E-state index >= 15 is 0 Å². The van der Waals surface area contributed by atoms with E-state index in [1.165, 1.54) is 4.90 Å². The molecule has 0 fully saturated rings. The summed E-state index contributed by atoms with van der Waals surface area (Å²) in [5.74, 6) is -0.796. The van der Waals surface area contributed by atoms with E-state index in [0.717, 1.165) is 31.0 Å². The lowest BCUT2D eigenvalue weighted by molar-refractivity contribution is -0.139. The van der Waals surface area contributed by atoms with Crippen LogP contribution in [0.4, 0.5) is 5.69 Å². The number of hydrogen-bond acceptors (Lipinski definition) is 4. The van der Waals surface area contributed by atoms with Gasteiger partial charge in [0, 0.05) is 17.1 Å². The molecule has 0 unspecified atom stereocenters. The van der Waals surface area contributed by atoms with Crippen LogP contribution in [0.3, 0.4) is 0 Å². The molecular weight excluding hydrogens is 578 g/mol. The molecule has 0 spiro atoms. The standard InChI is InChI=1S/C30H36BrN3O4S/c1-20(2)32-30(36)24(6)33(18-25-10-12-26(31)13-11-25)29(35)19-34(28-16-9-22(4)17-23(28)5)39(37,38)27-14-7-21(3)8-15-27/h7-17,20,24H,18-19H2,1-6H3,(H,32,36)/t24-/m0/s1. The fourth-order valence-corrected chi connectivity index (χ4v) is 5.95. The molecule has 0 aliphatic carbocycles. The Morgan fingerprint density at radius 3 is 2.03 bits per heavy atom. The summed E-state index contributed by atoms with van der Waals surface area (Å²) in [6.07, 6.45) is 0. The number of nitrogens with zero attached hydrogens (tertiary/aromatic N) is 2. The van der Waals surface area contributed by atoms with Crippen LogP contribution in [0.25, 0.3) is 0 Å². The van der Waals surface area contributed by atoms with Gasteiger partial charge in [0.25, 0.3) is 10.0 Å². The van der Waals surface area contributed by atoms with Crippen LogP contribution in [-0.4, -0.2) is 43.8 Å². The minimum atomic E-state index is -4.10. The number of halogens is 1. The molecule has 0 saturated heterocycles. The van der Waals surface area contributed by atoms with Gasteiger partial charge >= 0.3 is 0 Å². The Morgan fingerprint density at radius 1 is 0.872 bits per heavy atom. The molecule has 7 nitrogen and oxygen atoms in total. The third-order valence-electron chi connectivity index (χ3n) is 6.37. The normalized spacial score (nSPS) is 12.2. The fourth-order valence-electron chi connectivity index (χ4n) is 4.21. The Morgan fingerprint density at radius 2 is 1.46 bits per heavy atom. The van der Waals surface area contributed by atoms with Crippen molar-refractivity contribution >= 4 is 43.5 Å². The molecule has 2 amide bonds. The lowest BCUT2D eigenvalue weighted by Crippen LogP contribution is -2.52. The summed E-state index contributed by atoms with van der Waals surface area (Å²) < 4.78 is 29.9. The predicted molar refractivity (Wildman–Crippen MR) is 159 cm³/mol. The highest BCUT2D eigenvalue weighted by molar-refractivity contribution is 9.10. The lowest BCUT2D eigenvalue weighted by atomic mass is 10.1. The molecule has 1 atom stereocenters. The zero-order valence-electron chi connectivity index (χ0n) is 23.2. The van der Waals surface area contributed by atoms with Gasteiger partial charge in [-0.05, 0) is 83.0 Å². The van der Waals surface area contributed by atoms with Gasteiger partial charge in [0.2, 0.25) is 11.8 Å². The fraction of sp³-hybridized carbons (Fsp3) is 0.333. The van der Waals surface area contributed by atoms with Gasteiger partial charge in [-0.2, -0.15) is 0 Å². The molecular formula is C30H36BrN3O4S. The Kier molecular flexibility index (Phi) is 9.96. The SMILES string of the molecule is Cc1ccc(S(=O)(=O)N(CC(=O)N(Cc2ccc(Br)cc2)[C@@H](C)C(=O)NC(C)C)c2ccc(C)cc2C)cc1. The molecule has 0 aliphatic heterocycles. The Balaban J connectivity index is 2.06. The molecule has 39 heavy (non-hydrogen) atoms. The molecule has 3 rings (SSSR count). The van der Waals surface area contributed by atoms with Crippen LogP contribution in [0.1, 0.15) is 43.0 Å². The first kappa shape index (κ1) is 30.4. The molecule has 9 heteroatoms. The van der Waals surface area contributed by atoms with Gasteiger partial charge in [0.15, 0.2) is 0 Å². The van der Waals surface area contributed by atoms with Crippen molar-refractivity contribution in [2.75, 3.05) is 10.8 Å². The Hall–Kier alpha value is -3.17. The molecule has 0 aliphatic rings. The molecule has 3 aromatic rings. The highest BCUT2D eigenvalue weighted by Crippen LogP contribution is 2.28. The number of hydrogen-bond donors (Lipinski definition) is 1. The van der Waals surface area contributed by atoms with E-state index in [4.69, 9.17) is 0 Å². The molecule has 208 valence electrons. The van der Waals surface area contributed by atoms with Gasteiger partial charge in [-0.3, -0.25) is 13.9 Å². The number of aryl methyl sites for hydroxylation is 3. The van der Waals surface area contributed by atoms with Gasteiger partial charge in [0.1, 0.15) is 12.6 Å². The van der Waals surface area contributed by atoms with Crippen LogP contribution < -0.4 is 9.62 Å². The topological polar surface area (TPSA) is 86.8 Å². The van der Waals surface area contributed by atoms with E-state index < -0.39 is 28.5 Å². The Labute approximate surface area is 240 Å². The first-order chi connectivity index (χ1) is 18.3. The predicted octanol–water partition coefficient (Wildman–Crippen LogP) is 5.51. The van der Waals surface area contributed by atoms with Crippen molar-refractivity contribution in [2.45, 2.75) is 65.1 Å². The van der Waals surface area contributed by atoms with Crippen LogP contribution in [0.5, 0.6) is 0 Å². The van der Waals surface area contributed by atoms with Crippen LogP contribution in [-0.2, 0) is 26.2 Å². The monoisotopic (exact) mass is 613 g/mol. The smallest absolute Gasteiger partial charge is 0.264 e. The van der Waals surface area contributed by atoms with Crippen molar-refractivity contribution in [1.82, 2.24) is 10.2 Å². The van der Waals surface area contributed by atoms with Crippen molar-refractivity contribution in [3.63, 3.8) is 0 Å². The van der Waals surface area contributed by atoms with Gasteiger partial charge in [-0.1, -0.05) is 63.5 Å². The van der Waals surface area contributed by atoms with E-state index in [1.54, 1.807) is 37.3 Å². The van der Waals surface area contributed by atoms with E-state index in [2.05, 4.69) is 21.2 Å². The van der Waals surface area contributed by atoms with Crippen LogP contribution in [0, 0.1) is 20.8 Å². The molecule has 0 bridgehead atoms. The summed E-state index contributed by atoms with van der Waals surface area (Å²) >= 11 is 3.42. The maximum atomic E-state index is 14.0. The summed E-state index contributed by atoms with van der Waals surface area (Å²) in [6, 6.07) is 18.5. The first-order valence-corrected chi connectivity index (χ1v) is 15.0. The number of sulfonamides is 1. The van der Waals surface area contributed by atoms with Gasteiger partial charge in [0.05, 0.1) is 10.6 Å². The van der Waals surface area contributed by atoms with Crippen molar-refractivity contribution < 1.29 is 18.0 Å². The van der Waals surface area contributed by atoms with Gasteiger partial charge in [-0.25, -0.2) is 8.42 Å². The molecule has 0 heterocycles. The largest absolute Gasteiger partial charge is 0.352 e. The average Bonchev–Trinajstić information content (AvgIpc) is 2.86. The summed E-state index contributed by atoms with van der Waals surface area (Å²) in [4.78, 5) is 28.5. The maximum Gasteiger partial charge on any atom is 0.264 e. The second-order valence-corrected chi connectivity index (χ2v) is 12.9. The van der Waals surface area contributed by atoms with E-state index in [-0.39, 0.29) is 23.4 Å². The Bertz CT molecular complexity index is 1420. The van der Waals surface area contributed by atoms with E-state index in [1.807, 2.05) is 71.0 Å². The van der Waals surface area contributed by atoms with Crippen LogP contribution in [0.15, 0.2) is 76.1 Å². The maximum absolute atomic E-state index is 14.0. The van der Waals surface area contributed by atoms with Gasteiger partial charge in [-0.15, -0.1) is 0 Å². The number of anilines is 1. The number of rotatable bonds is 10. The minimum Gasteiger partial charge on any atom is -0.352 e. The van der Waals surface area contributed by atoms with Crippen molar-refractivity contribution in [3.05, 3.63) is 93.5 Å². The highest BCUT2D eigenvalue weighted by Gasteiger charge is 2.33. The number of nitrogens with one attached hydrogen (secondary N) is 1.